The van der Waals surface area contributed by atoms with Crippen molar-refractivity contribution in [3.05, 3.63) is 59.7 Å². The SMILES string of the molecule is O=C(O)c1cc(C(=O)O)cc(S(=O)(=O)O)c1.Oc1ccccc1. The summed E-state index contributed by atoms with van der Waals surface area (Å²) < 4.78 is 30.2. The number of carboxylic acid groups (broad SMARTS) is 2. The molecule has 0 heterocycles. The quantitative estimate of drug-likeness (QED) is 0.617. The summed E-state index contributed by atoms with van der Waals surface area (Å²) in [7, 11) is -4.64. The van der Waals surface area contributed by atoms with Crippen LogP contribution in [0.15, 0.2) is 53.4 Å². The Hall–Kier alpha value is -2.91. The van der Waals surface area contributed by atoms with Crippen molar-refractivity contribution in [3.63, 3.8) is 0 Å². The Morgan fingerprint density at radius 2 is 1.26 bits per heavy atom. The van der Waals surface area contributed by atoms with Gasteiger partial charge in [-0.25, -0.2) is 9.59 Å². The molecule has 4 N–H and O–H groups in total. The second kappa shape index (κ2) is 7.38. The lowest BCUT2D eigenvalue weighted by Crippen LogP contribution is -2.07. The van der Waals surface area contributed by atoms with Gasteiger partial charge in [0, 0.05) is 0 Å². The van der Waals surface area contributed by atoms with Gasteiger partial charge in [0.1, 0.15) is 5.75 Å². The molecular weight excluding hydrogens is 328 g/mol. The highest BCUT2D eigenvalue weighted by atomic mass is 32.2. The summed E-state index contributed by atoms with van der Waals surface area (Å²) in [5.41, 5.74) is -1.07. The number of rotatable bonds is 3. The highest BCUT2D eigenvalue weighted by Gasteiger charge is 2.17. The van der Waals surface area contributed by atoms with Gasteiger partial charge in [-0.15, -0.1) is 0 Å². The fourth-order valence-corrected chi connectivity index (χ4v) is 1.97. The van der Waals surface area contributed by atoms with Gasteiger partial charge in [-0.1, -0.05) is 18.2 Å². The van der Waals surface area contributed by atoms with Crippen molar-refractivity contribution in [3.8, 4) is 5.75 Å². The number of phenolic OH excluding ortho intramolecular Hbond substituents is 1. The van der Waals surface area contributed by atoms with E-state index in [2.05, 4.69) is 0 Å². The van der Waals surface area contributed by atoms with Crippen molar-refractivity contribution in [1.82, 2.24) is 0 Å². The van der Waals surface area contributed by atoms with Crippen LogP contribution in [0, 0.1) is 0 Å². The van der Waals surface area contributed by atoms with Crippen LogP contribution in [0.2, 0.25) is 0 Å². The Bertz CT molecular complexity index is 780. The maximum atomic E-state index is 10.8. The maximum Gasteiger partial charge on any atom is 0.335 e. The summed E-state index contributed by atoms with van der Waals surface area (Å²) >= 11 is 0. The van der Waals surface area contributed by atoms with Gasteiger partial charge in [0.15, 0.2) is 0 Å². The standard InChI is InChI=1S/C8H6O7S.C6H6O/c9-7(10)4-1-5(8(11)12)3-6(2-4)16(13,14)15;7-6-4-2-1-3-5-6/h1-3H,(H,9,10)(H,11,12)(H,13,14,15);1-5,7H. The molecule has 0 aromatic heterocycles. The van der Waals surface area contributed by atoms with Gasteiger partial charge in [0.2, 0.25) is 0 Å². The number of aromatic hydroxyl groups is 1. The molecule has 2 aromatic carbocycles. The topological polar surface area (TPSA) is 149 Å². The molecule has 0 radical (unpaired) electrons. The van der Waals surface area contributed by atoms with Gasteiger partial charge in [-0.2, -0.15) is 8.42 Å². The highest BCUT2D eigenvalue weighted by molar-refractivity contribution is 7.85. The first-order chi connectivity index (χ1) is 10.6. The predicted octanol–water partition coefficient (Wildman–Crippen LogP) is 1.72. The van der Waals surface area contributed by atoms with Crippen LogP contribution in [-0.4, -0.2) is 40.2 Å². The molecule has 2 aromatic rings. The minimum absolute atomic E-state index is 0.322. The van der Waals surface area contributed by atoms with E-state index < -0.39 is 38.1 Å². The number of benzene rings is 2. The van der Waals surface area contributed by atoms with Crippen LogP contribution >= 0.6 is 0 Å². The van der Waals surface area contributed by atoms with Crippen LogP contribution in [-0.2, 0) is 10.1 Å². The van der Waals surface area contributed by atoms with E-state index in [-0.39, 0.29) is 0 Å². The lowest BCUT2D eigenvalue weighted by molar-refractivity contribution is 0.0696. The Morgan fingerprint density at radius 3 is 1.52 bits per heavy atom. The Labute approximate surface area is 131 Å². The average Bonchev–Trinajstić information content (AvgIpc) is 2.47. The number of hydrogen-bond donors (Lipinski definition) is 4. The van der Waals surface area contributed by atoms with Crippen LogP contribution in [0.25, 0.3) is 0 Å². The summed E-state index contributed by atoms with van der Waals surface area (Å²) in [5, 5.41) is 25.9. The third kappa shape index (κ3) is 5.77. The van der Waals surface area contributed by atoms with Crippen LogP contribution in [0.3, 0.4) is 0 Å². The Kier molecular flexibility index (Phi) is 5.82. The Balaban J connectivity index is 0.000000313. The fourth-order valence-electron chi connectivity index (χ4n) is 1.42. The molecule has 9 heteroatoms. The molecule has 0 spiro atoms. The summed E-state index contributed by atoms with van der Waals surface area (Å²) in [5.74, 6) is -2.66. The number of carboxylic acids is 2. The molecule has 0 aliphatic rings. The molecule has 0 amide bonds. The zero-order valence-electron chi connectivity index (χ0n) is 11.4. The van der Waals surface area contributed by atoms with Crippen molar-refractivity contribution in [2.75, 3.05) is 0 Å². The summed E-state index contributed by atoms with van der Waals surface area (Å²) in [6, 6.07) is 10.8. The van der Waals surface area contributed by atoms with E-state index in [1.54, 1.807) is 24.3 Å². The fraction of sp³-hybridized carbons (Fsp3) is 0. The van der Waals surface area contributed by atoms with Gasteiger partial charge < -0.3 is 15.3 Å². The van der Waals surface area contributed by atoms with Crippen molar-refractivity contribution in [1.29, 1.82) is 0 Å². The molecule has 2 rings (SSSR count). The molecule has 8 nitrogen and oxygen atoms in total. The van der Waals surface area contributed by atoms with Crippen molar-refractivity contribution in [2.45, 2.75) is 4.90 Å². The highest BCUT2D eigenvalue weighted by Crippen LogP contribution is 2.15. The smallest absolute Gasteiger partial charge is 0.335 e. The van der Waals surface area contributed by atoms with E-state index in [1.165, 1.54) is 0 Å². The summed E-state index contributed by atoms with van der Waals surface area (Å²) in [6.45, 7) is 0. The molecule has 0 unspecified atom stereocenters. The van der Waals surface area contributed by atoms with Crippen LogP contribution in [0.1, 0.15) is 20.7 Å². The molecule has 0 saturated heterocycles. The van der Waals surface area contributed by atoms with E-state index in [9.17, 15) is 18.0 Å². The summed E-state index contributed by atoms with van der Waals surface area (Å²) in [4.78, 5) is 20.4. The minimum atomic E-state index is -4.64. The van der Waals surface area contributed by atoms with E-state index in [0.717, 1.165) is 6.07 Å². The lowest BCUT2D eigenvalue weighted by atomic mass is 10.1. The first-order valence-corrected chi connectivity index (χ1v) is 7.38. The van der Waals surface area contributed by atoms with Crippen molar-refractivity contribution < 1.29 is 37.9 Å². The van der Waals surface area contributed by atoms with Crippen LogP contribution < -0.4 is 0 Å². The Morgan fingerprint density at radius 1 is 0.826 bits per heavy atom. The number of phenols is 1. The van der Waals surface area contributed by atoms with Crippen molar-refractivity contribution >= 4 is 22.1 Å². The largest absolute Gasteiger partial charge is 0.508 e. The van der Waals surface area contributed by atoms with Gasteiger partial charge in [-0.3, -0.25) is 4.55 Å². The van der Waals surface area contributed by atoms with E-state index in [1.807, 2.05) is 6.07 Å². The zero-order valence-corrected chi connectivity index (χ0v) is 12.3. The first kappa shape index (κ1) is 18.1. The van der Waals surface area contributed by atoms with Gasteiger partial charge >= 0.3 is 11.9 Å². The van der Waals surface area contributed by atoms with E-state index in [0.29, 0.717) is 17.9 Å². The minimum Gasteiger partial charge on any atom is -0.508 e. The number of carbonyl (C=O) groups is 2. The number of para-hydroxylation sites is 1. The van der Waals surface area contributed by atoms with Gasteiger partial charge in [0.25, 0.3) is 10.1 Å². The second-order valence-electron chi connectivity index (χ2n) is 4.17. The second-order valence-corrected chi connectivity index (χ2v) is 5.59. The monoisotopic (exact) mass is 340 g/mol. The van der Waals surface area contributed by atoms with Gasteiger partial charge in [0.05, 0.1) is 16.0 Å². The molecule has 0 atom stereocenters. The molecule has 0 fully saturated rings. The van der Waals surface area contributed by atoms with Crippen LogP contribution in [0.5, 0.6) is 5.75 Å². The molecule has 23 heavy (non-hydrogen) atoms. The third-order valence-electron chi connectivity index (χ3n) is 2.45. The van der Waals surface area contributed by atoms with E-state index >= 15 is 0 Å². The first-order valence-electron chi connectivity index (χ1n) is 5.94. The predicted molar refractivity (Wildman–Crippen MR) is 78.3 cm³/mol. The molecular formula is C14H12O8S. The average molecular weight is 340 g/mol. The lowest BCUT2D eigenvalue weighted by Gasteiger charge is -2.02. The molecule has 122 valence electrons. The molecule has 0 saturated carbocycles. The third-order valence-corrected chi connectivity index (χ3v) is 3.29. The van der Waals surface area contributed by atoms with Crippen molar-refractivity contribution in [2.24, 2.45) is 0 Å². The molecule has 0 aliphatic heterocycles. The van der Waals surface area contributed by atoms with E-state index in [4.69, 9.17) is 19.9 Å². The molecule has 0 aliphatic carbocycles. The number of hydrogen-bond acceptors (Lipinski definition) is 5. The summed E-state index contributed by atoms with van der Waals surface area (Å²) in [6.07, 6.45) is 0. The van der Waals surface area contributed by atoms with Gasteiger partial charge in [-0.05, 0) is 30.3 Å². The molecule has 0 bridgehead atoms. The maximum absolute atomic E-state index is 10.8. The number of aromatic carboxylic acids is 2. The zero-order chi connectivity index (χ0) is 17.6. The van der Waals surface area contributed by atoms with Crippen LogP contribution in [0.4, 0.5) is 0 Å². The normalized spacial score (nSPS) is 10.3.